The molecule has 1 amide bonds. The molecule has 3 aromatic carbocycles. The van der Waals surface area contributed by atoms with Crippen molar-refractivity contribution in [1.82, 2.24) is 9.99 Å². The van der Waals surface area contributed by atoms with Crippen molar-refractivity contribution in [2.75, 3.05) is 0 Å². The molecule has 0 spiro atoms. The van der Waals surface area contributed by atoms with Crippen LogP contribution < -0.4 is 5.43 Å². The van der Waals surface area contributed by atoms with Crippen LogP contribution in [0.15, 0.2) is 78.0 Å². The summed E-state index contributed by atoms with van der Waals surface area (Å²) in [5.74, 6) is -1.35. The number of amides is 1. The van der Waals surface area contributed by atoms with E-state index >= 15 is 0 Å². The highest BCUT2D eigenvalue weighted by atomic mass is 19.1. The Kier molecular flexibility index (Phi) is 5.17. The number of aromatic hydroxyl groups is 2. The Hall–Kier alpha value is -4.13. The molecule has 150 valence electrons. The molecule has 3 N–H and O–H groups in total. The molecule has 0 aliphatic rings. The molecule has 0 saturated carbocycles. The first-order chi connectivity index (χ1) is 14.5. The average molecular weight is 403 g/mol. The molecule has 30 heavy (non-hydrogen) atoms. The second-order valence-corrected chi connectivity index (χ2v) is 6.76. The van der Waals surface area contributed by atoms with E-state index in [0.717, 1.165) is 28.1 Å². The van der Waals surface area contributed by atoms with Crippen LogP contribution in [0.25, 0.3) is 10.9 Å². The number of fused-ring (bicyclic) bond motifs is 1. The lowest BCUT2D eigenvalue weighted by atomic mass is 10.2. The van der Waals surface area contributed by atoms with Gasteiger partial charge < -0.3 is 14.8 Å². The number of phenolic OH excluding ortho intramolecular Hbond substituents is 2. The van der Waals surface area contributed by atoms with Crippen LogP contribution in [0.4, 0.5) is 4.39 Å². The van der Waals surface area contributed by atoms with Crippen LogP contribution in [0.3, 0.4) is 0 Å². The number of nitrogens with one attached hydrogen (secondary N) is 1. The maximum absolute atomic E-state index is 13.2. The van der Waals surface area contributed by atoms with Crippen molar-refractivity contribution in [3.8, 4) is 11.5 Å². The van der Waals surface area contributed by atoms with Gasteiger partial charge in [-0.05, 0) is 35.9 Å². The summed E-state index contributed by atoms with van der Waals surface area (Å²) in [6.07, 6.45) is 3.43. The lowest BCUT2D eigenvalue weighted by Gasteiger charge is -2.05. The van der Waals surface area contributed by atoms with Gasteiger partial charge in [-0.25, -0.2) is 9.82 Å². The van der Waals surface area contributed by atoms with Crippen molar-refractivity contribution in [3.63, 3.8) is 0 Å². The fourth-order valence-electron chi connectivity index (χ4n) is 3.23. The first-order valence-corrected chi connectivity index (χ1v) is 9.19. The summed E-state index contributed by atoms with van der Waals surface area (Å²) in [5, 5.41) is 24.1. The maximum Gasteiger partial charge on any atom is 0.275 e. The third-order valence-corrected chi connectivity index (χ3v) is 4.68. The highest BCUT2D eigenvalue weighted by Crippen LogP contribution is 2.23. The van der Waals surface area contributed by atoms with E-state index in [2.05, 4.69) is 10.5 Å². The van der Waals surface area contributed by atoms with E-state index in [-0.39, 0.29) is 22.9 Å². The minimum absolute atomic E-state index is 0.00341. The van der Waals surface area contributed by atoms with Gasteiger partial charge >= 0.3 is 0 Å². The Balaban J connectivity index is 1.56. The number of hydrazone groups is 1. The van der Waals surface area contributed by atoms with E-state index in [9.17, 15) is 19.4 Å². The maximum atomic E-state index is 13.2. The highest BCUT2D eigenvalue weighted by molar-refractivity contribution is 6.01. The van der Waals surface area contributed by atoms with E-state index in [0.29, 0.717) is 6.54 Å². The van der Waals surface area contributed by atoms with E-state index in [4.69, 9.17) is 0 Å². The number of aromatic nitrogens is 1. The zero-order valence-electron chi connectivity index (χ0n) is 15.8. The third kappa shape index (κ3) is 4.00. The number of nitrogens with zero attached hydrogens (tertiary/aromatic N) is 2. The smallest absolute Gasteiger partial charge is 0.275 e. The molecule has 0 atom stereocenters. The van der Waals surface area contributed by atoms with Crippen LogP contribution in [0.1, 0.15) is 21.5 Å². The lowest BCUT2D eigenvalue weighted by Crippen LogP contribution is -2.17. The fraction of sp³-hybridized carbons (Fsp3) is 0.0435. The van der Waals surface area contributed by atoms with Gasteiger partial charge in [0.05, 0.1) is 11.8 Å². The molecule has 0 aliphatic carbocycles. The quantitative estimate of drug-likeness (QED) is 0.348. The fourth-order valence-corrected chi connectivity index (χ4v) is 3.23. The molecule has 1 aromatic heterocycles. The highest BCUT2D eigenvalue weighted by Gasteiger charge is 2.11. The second-order valence-electron chi connectivity index (χ2n) is 6.76. The summed E-state index contributed by atoms with van der Waals surface area (Å²) in [5.41, 5.74) is 5.11. The number of hydrogen-bond acceptors (Lipinski definition) is 4. The number of carbonyl (C=O) groups is 1. The lowest BCUT2D eigenvalue weighted by molar-refractivity contribution is 0.0952. The zero-order valence-corrected chi connectivity index (χ0v) is 15.8. The molecule has 6 nitrogen and oxygen atoms in total. The summed E-state index contributed by atoms with van der Waals surface area (Å²) in [6, 6.07) is 17.8. The summed E-state index contributed by atoms with van der Waals surface area (Å²) >= 11 is 0. The number of rotatable bonds is 5. The predicted octanol–water partition coefficient (Wildman–Crippen LogP) is 4.00. The minimum atomic E-state index is -0.598. The first kappa shape index (κ1) is 19.2. The Morgan fingerprint density at radius 3 is 2.60 bits per heavy atom. The van der Waals surface area contributed by atoms with Gasteiger partial charge in [0.25, 0.3) is 5.91 Å². The first-order valence-electron chi connectivity index (χ1n) is 9.19. The Morgan fingerprint density at radius 1 is 1.07 bits per heavy atom. The van der Waals surface area contributed by atoms with Gasteiger partial charge in [0, 0.05) is 35.3 Å². The largest absolute Gasteiger partial charge is 0.508 e. The van der Waals surface area contributed by atoms with Gasteiger partial charge in [-0.3, -0.25) is 4.79 Å². The van der Waals surface area contributed by atoms with Crippen LogP contribution in [-0.4, -0.2) is 26.9 Å². The Bertz CT molecular complexity index is 1250. The molecular formula is C23H18FN3O3. The van der Waals surface area contributed by atoms with Crippen LogP contribution in [0.2, 0.25) is 0 Å². The van der Waals surface area contributed by atoms with Crippen molar-refractivity contribution >= 4 is 23.0 Å². The molecule has 0 aliphatic heterocycles. The second kappa shape index (κ2) is 8.08. The van der Waals surface area contributed by atoms with Gasteiger partial charge in [-0.1, -0.05) is 30.3 Å². The summed E-state index contributed by atoms with van der Waals surface area (Å²) in [7, 11) is 0. The van der Waals surface area contributed by atoms with E-state index < -0.39 is 5.91 Å². The molecule has 4 aromatic rings. The van der Waals surface area contributed by atoms with Gasteiger partial charge in [0.1, 0.15) is 17.3 Å². The van der Waals surface area contributed by atoms with E-state index in [1.165, 1.54) is 30.5 Å². The minimum Gasteiger partial charge on any atom is -0.508 e. The Labute approximate surface area is 171 Å². The van der Waals surface area contributed by atoms with Crippen molar-refractivity contribution < 1.29 is 19.4 Å². The molecular weight excluding hydrogens is 385 g/mol. The monoisotopic (exact) mass is 403 g/mol. The molecule has 0 unspecified atom stereocenters. The molecule has 0 fully saturated rings. The van der Waals surface area contributed by atoms with Crippen molar-refractivity contribution in [2.24, 2.45) is 5.10 Å². The number of hydrogen-bond donors (Lipinski definition) is 3. The van der Waals surface area contributed by atoms with Gasteiger partial charge in [-0.15, -0.1) is 0 Å². The van der Waals surface area contributed by atoms with Crippen LogP contribution in [0.5, 0.6) is 11.5 Å². The standard InChI is InChI=1S/C23H18FN3O3/c24-17-7-5-15(6-8-17)13-27-14-16(19-3-1-2-4-21(19)27)12-25-26-23(30)20-10-9-18(28)11-22(20)29/h1-12,14,28-29H,13H2,(H,26,30)/b25-12-. The zero-order chi connectivity index (χ0) is 21.1. The number of halogens is 1. The molecule has 0 bridgehead atoms. The third-order valence-electron chi connectivity index (χ3n) is 4.68. The van der Waals surface area contributed by atoms with Crippen LogP contribution >= 0.6 is 0 Å². The SMILES string of the molecule is O=C(N/N=C\c1cn(Cc2ccc(F)cc2)c2ccccc12)c1ccc(O)cc1O. The number of benzene rings is 3. The normalized spacial score (nSPS) is 11.2. The van der Waals surface area contributed by atoms with Gasteiger partial charge in [-0.2, -0.15) is 5.10 Å². The van der Waals surface area contributed by atoms with E-state index in [1.54, 1.807) is 12.1 Å². The van der Waals surface area contributed by atoms with Crippen molar-refractivity contribution in [1.29, 1.82) is 0 Å². The summed E-state index contributed by atoms with van der Waals surface area (Å²) in [6.45, 7) is 0.558. The molecule has 1 heterocycles. The van der Waals surface area contributed by atoms with Crippen LogP contribution in [-0.2, 0) is 6.54 Å². The molecule has 7 heteroatoms. The van der Waals surface area contributed by atoms with Crippen molar-refractivity contribution in [3.05, 3.63) is 95.4 Å². The summed E-state index contributed by atoms with van der Waals surface area (Å²) in [4.78, 5) is 12.2. The molecule has 4 rings (SSSR count). The molecule has 0 radical (unpaired) electrons. The van der Waals surface area contributed by atoms with Gasteiger partial charge in [0.15, 0.2) is 0 Å². The summed E-state index contributed by atoms with van der Waals surface area (Å²) < 4.78 is 15.2. The Morgan fingerprint density at radius 2 is 1.83 bits per heavy atom. The average Bonchev–Trinajstić information content (AvgIpc) is 3.07. The van der Waals surface area contributed by atoms with Gasteiger partial charge in [0.2, 0.25) is 0 Å². The predicted molar refractivity (Wildman–Crippen MR) is 112 cm³/mol. The topological polar surface area (TPSA) is 86.9 Å². The van der Waals surface area contributed by atoms with Crippen LogP contribution in [0, 0.1) is 5.82 Å². The number of phenols is 2. The number of carbonyl (C=O) groups excluding carboxylic acids is 1. The van der Waals surface area contributed by atoms with Crippen molar-refractivity contribution in [2.45, 2.75) is 6.54 Å². The van der Waals surface area contributed by atoms with E-state index in [1.807, 2.05) is 35.0 Å². The molecule has 0 saturated heterocycles. The number of para-hydroxylation sites is 1.